The third-order valence-electron chi connectivity index (χ3n) is 2.24. The summed E-state index contributed by atoms with van der Waals surface area (Å²) < 4.78 is 15.4. The van der Waals surface area contributed by atoms with E-state index in [1.807, 2.05) is 0 Å². The highest BCUT2D eigenvalue weighted by molar-refractivity contribution is 5.66. The standard InChI is InChI=1S/C13H16O4/c1-5-11(17-9(2)14)10-6-7-12(15-3)13(8-10)16-4/h5-8,11H,1H2,2-4H3/t11-/m0/s1. The highest BCUT2D eigenvalue weighted by atomic mass is 16.5. The molecule has 0 aromatic heterocycles. The van der Waals surface area contributed by atoms with Gasteiger partial charge in [0, 0.05) is 12.5 Å². The predicted molar refractivity (Wildman–Crippen MR) is 64.3 cm³/mol. The molecular weight excluding hydrogens is 220 g/mol. The van der Waals surface area contributed by atoms with Crippen molar-refractivity contribution in [1.82, 2.24) is 0 Å². The van der Waals surface area contributed by atoms with Gasteiger partial charge in [-0.25, -0.2) is 0 Å². The molecule has 0 N–H and O–H groups in total. The molecule has 4 nitrogen and oxygen atoms in total. The number of esters is 1. The summed E-state index contributed by atoms with van der Waals surface area (Å²) in [6.07, 6.45) is 1.08. The van der Waals surface area contributed by atoms with Crippen LogP contribution in [0.1, 0.15) is 18.6 Å². The Labute approximate surface area is 101 Å². The van der Waals surface area contributed by atoms with Gasteiger partial charge in [-0.15, -0.1) is 0 Å². The molecule has 1 rings (SSSR count). The first-order valence-corrected chi connectivity index (χ1v) is 5.14. The molecule has 0 fully saturated rings. The number of hydrogen-bond donors (Lipinski definition) is 0. The highest BCUT2D eigenvalue weighted by Gasteiger charge is 2.13. The van der Waals surface area contributed by atoms with Crippen molar-refractivity contribution in [3.05, 3.63) is 36.4 Å². The van der Waals surface area contributed by atoms with Crippen LogP contribution in [0.5, 0.6) is 11.5 Å². The summed E-state index contributed by atoms with van der Waals surface area (Å²) in [5.41, 5.74) is 0.785. The molecule has 92 valence electrons. The van der Waals surface area contributed by atoms with E-state index in [2.05, 4.69) is 6.58 Å². The van der Waals surface area contributed by atoms with Gasteiger partial charge in [-0.3, -0.25) is 4.79 Å². The van der Waals surface area contributed by atoms with Crippen molar-refractivity contribution in [2.45, 2.75) is 13.0 Å². The monoisotopic (exact) mass is 236 g/mol. The molecule has 0 heterocycles. The van der Waals surface area contributed by atoms with Crippen molar-refractivity contribution < 1.29 is 19.0 Å². The summed E-state index contributed by atoms with van der Waals surface area (Å²) in [6, 6.07) is 5.32. The second-order valence-electron chi connectivity index (χ2n) is 3.38. The molecule has 0 saturated heterocycles. The maximum atomic E-state index is 10.9. The van der Waals surface area contributed by atoms with Crippen LogP contribution in [0.4, 0.5) is 0 Å². The Morgan fingerprint density at radius 2 is 1.94 bits per heavy atom. The van der Waals surface area contributed by atoms with Crippen LogP contribution in [0.3, 0.4) is 0 Å². The minimum atomic E-state index is -0.479. The Balaban J connectivity index is 3.04. The van der Waals surface area contributed by atoms with E-state index in [0.717, 1.165) is 5.56 Å². The van der Waals surface area contributed by atoms with Crippen molar-refractivity contribution in [3.8, 4) is 11.5 Å². The quantitative estimate of drug-likeness (QED) is 0.582. The maximum absolute atomic E-state index is 10.9. The van der Waals surface area contributed by atoms with Gasteiger partial charge in [-0.1, -0.05) is 12.6 Å². The van der Waals surface area contributed by atoms with Gasteiger partial charge in [0.2, 0.25) is 0 Å². The van der Waals surface area contributed by atoms with Crippen LogP contribution in [0.25, 0.3) is 0 Å². The zero-order valence-electron chi connectivity index (χ0n) is 10.2. The molecule has 1 aromatic carbocycles. The molecule has 17 heavy (non-hydrogen) atoms. The second kappa shape index (κ2) is 5.94. The molecule has 0 unspecified atom stereocenters. The van der Waals surface area contributed by atoms with Gasteiger partial charge in [0.05, 0.1) is 14.2 Å². The SMILES string of the molecule is C=C[C@H](OC(C)=O)c1ccc(OC)c(OC)c1. The van der Waals surface area contributed by atoms with Crippen molar-refractivity contribution in [2.75, 3.05) is 14.2 Å². The van der Waals surface area contributed by atoms with E-state index in [0.29, 0.717) is 11.5 Å². The number of carbonyl (C=O) groups excluding carboxylic acids is 1. The van der Waals surface area contributed by atoms with E-state index >= 15 is 0 Å². The van der Waals surface area contributed by atoms with E-state index in [1.165, 1.54) is 6.92 Å². The van der Waals surface area contributed by atoms with Crippen LogP contribution in [-0.4, -0.2) is 20.2 Å². The second-order valence-corrected chi connectivity index (χ2v) is 3.38. The summed E-state index contributed by atoms with van der Waals surface area (Å²) in [5, 5.41) is 0. The number of hydrogen-bond acceptors (Lipinski definition) is 4. The van der Waals surface area contributed by atoms with Gasteiger partial charge in [0.25, 0.3) is 0 Å². The van der Waals surface area contributed by atoms with Crippen LogP contribution in [0.15, 0.2) is 30.9 Å². The van der Waals surface area contributed by atoms with E-state index in [4.69, 9.17) is 14.2 Å². The summed E-state index contributed by atoms with van der Waals surface area (Å²) in [4.78, 5) is 10.9. The summed E-state index contributed by atoms with van der Waals surface area (Å²) in [6.45, 7) is 5.00. The Kier molecular flexibility index (Phi) is 4.57. The fourth-order valence-corrected chi connectivity index (χ4v) is 1.46. The largest absolute Gasteiger partial charge is 0.493 e. The first-order valence-electron chi connectivity index (χ1n) is 5.14. The van der Waals surface area contributed by atoms with E-state index in [9.17, 15) is 4.79 Å². The van der Waals surface area contributed by atoms with E-state index in [1.54, 1.807) is 38.5 Å². The van der Waals surface area contributed by atoms with Crippen LogP contribution in [-0.2, 0) is 9.53 Å². The van der Waals surface area contributed by atoms with Gasteiger partial charge in [0.15, 0.2) is 11.5 Å². The van der Waals surface area contributed by atoms with Crippen molar-refractivity contribution in [2.24, 2.45) is 0 Å². The number of carbonyl (C=O) groups is 1. The lowest BCUT2D eigenvalue weighted by atomic mass is 10.1. The summed E-state index contributed by atoms with van der Waals surface area (Å²) in [7, 11) is 3.12. The fraction of sp³-hybridized carbons (Fsp3) is 0.308. The average Bonchev–Trinajstić information content (AvgIpc) is 2.34. The maximum Gasteiger partial charge on any atom is 0.303 e. The summed E-state index contributed by atoms with van der Waals surface area (Å²) >= 11 is 0. The van der Waals surface area contributed by atoms with Crippen LogP contribution in [0, 0.1) is 0 Å². The van der Waals surface area contributed by atoms with Crippen LogP contribution in [0.2, 0.25) is 0 Å². The smallest absolute Gasteiger partial charge is 0.303 e. The van der Waals surface area contributed by atoms with E-state index < -0.39 is 6.10 Å². The zero-order chi connectivity index (χ0) is 12.8. The van der Waals surface area contributed by atoms with Gasteiger partial charge < -0.3 is 14.2 Å². The van der Waals surface area contributed by atoms with E-state index in [-0.39, 0.29) is 5.97 Å². The normalized spacial score (nSPS) is 11.5. The van der Waals surface area contributed by atoms with Crippen molar-refractivity contribution in [1.29, 1.82) is 0 Å². The third kappa shape index (κ3) is 3.24. The lowest BCUT2D eigenvalue weighted by molar-refractivity contribution is -0.144. The van der Waals surface area contributed by atoms with Gasteiger partial charge in [-0.05, 0) is 18.2 Å². The van der Waals surface area contributed by atoms with Crippen LogP contribution < -0.4 is 9.47 Å². The number of methoxy groups -OCH3 is 2. The fourth-order valence-electron chi connectivity index (χ4n) is 1.46. The number of benzene rings is 1. The zero-order valence-corrected chi connectivity index (χ0v) is 10.2. The van der Waals surface area contributed by atoms with Crippen molar-refractivity contribution >= 4 is 5.97 Å². The number of rotatable bonds is 5. The molecule has 0 bridgehead atoms. The molecule has 0 radical (unpaired) electrons. The minimum Gasteiger partial charge on any atom is -0.493 e. The Morgan fingerprint density at radius 3 is 2.41 bits per heavy atom. The van der Waals surface area contributed by atoms with Gasteiger partial charge >= 0.3 is 5.97 Å². The molecule has 0 amide bonds. The molecule has 0 spiro atoms. The molecule has 0 aliphatic rings. The molecule has 0 saturated carbocycles. The molecule has 0 aliphatic heterocycles. The molecule has 1 aromatic rings. The average molecular weight is 236 g/mol. The third-order valence-corrected chi connectivity index (χ3v) is 2.24. The lowest BCUT2D eigenvalue weighted by Crippen LogP contribution is -2.06. The molecule has 0 aliphatic carbocycles. The topological polar surface area (TPSA) is 44.8 Å². The van der Waals surface area contributed by atoms with Gasteiger partial charge in [0.1, 0.15) is 6.10 Å². The Hall–Kier alpha value is -1.97. The first-order chi connectivity index (χ1) is 8.12. The van der Waals surface area contributed by atoms with Crippen LogP contribution >= 0.6 is 0 Å². The Bertz CT molecular complexity index is 412. The minimum absolute atomic E-state index is 0.357. The Morgan fingerprint density at radius 1 is 1.29 bits per heavy atom. The van der Waals surface area contributed by atoms with Gasteiger partial charge in [-0.2, -0.15) is 0 Å². The molecule has 1 atom stereocenters. The van der Waals surface area contributed by atoms with Crippen molar-refractivity contribution in [3.63, 3.8) is 0 Å². The highest BCUT2D eigenvalue weighted by Crippen LogP contribution is 2.31. The predicted octanol–water partition coefficient (Wildman–Crippen LogP) is 2.49. The molecular formula is C13H16O4. The lowest BCUT2D eigenvalue weighted by Gasteiger charge is -2.15. The first kappa shape index (κ1) is 13.1. The number of ether oxygens (including phenoxy) is 3. The molecule has 4 heteroatoms. The summed E-state index contributed by atoms with van der Waals surface area (Å²) in [5.74, 6) is 0.857.